The van der Waals surface area contributed by atoms with Gasteiger partial charge in [0.05, 0.1) is 12.8 Å². The highest BCUT2D eigenvalue weighted by atomic mass is 32.2. The van der Waals surface area contributed by atoms with Gasteiger partial charge in [-0.2, -0.15) is 18.6 Å². The quantitative estimate of drug-likeness (QED) is 0.663. The van der Waals surface area contributed by atoms with Gasteiger partial charge in [-0.25, -0.2) is 0 Å². The normalized spacial score (nSPS) is 13.3. The number of fused-ring (bicyclic) bond motifs is 1. The molecule has 0 atom stereocenters. The lowest BCUT2D eigenvalue weighted by atomic mass is 10.1. The third kappa shape index (κ3) is 3.63. The standard InChI is InChI=1S/C18H14F2N4O2S/c1-25-13-6-4-12(5-7-13)16-21-22-18-24(16)23-15(10-27-18)11-2-8-14(9-3-11)26-17(19)20/h2-9,17H,10H2,1H3. The summed E-state index contributed by atoms with van der Waals surface area (Å²) in [6, 6.07) is 13.9. The van der Waals surface area contributed by atoms with Gasteiger partial charge in [0.2, 0.25) is 5.16 Å². The molecule has 2 aromatic carbocycles. The summed E-state index contributed by atoms with van der Waals surface area (Å²) in [4.78, 5) is 0. The lowest BCUT2D eigenvalue weighted by Gasteiger charge is -2.14. The lowest BCUT2D eigenvalue weighted by Crippen LogP contribution is -2.14. The van der Waals surface area contributed by atoms with Gasteiger partial charge in [-0.15, -0.1) is 10.2 Å². The molecule has 0 amide bonds. The molecule has 0 N–H and O–H groups in total. The highest BCUT2D eigenvalue weighted by Gasteiger charge is 2.21. The molecule has 1 aromatic heterocycles. The van der Waals surface area contributed by atoms with Gasteiger partial charge < -0.3 is 9.47 Å². The molecule has 0 unspecified atom stereocenters. The van der Waals surface area contributed by atoms with Crippen LogP contribution in [0.15, 0.2) is 58.8 Å². The monoisotopic (exact) mass is 388 g/mol. The van der Waals surface area contributed by atoms with Gasteiger partial charge in [0.15, 0.2) is 5.82 Å². The van der Waals surface area contributed by atoms with E-state index in [1.807, 2.05) is 24.3 Å². The number of nitrogens with zero attached hydrogens (tertiary/aromatic N) is 4. The summed E-state index contributed by atoms with van der Waals surface area (Å²) in [7, 11) is 1.61. The lowest BCUT2D eigenvalue weighted by molar-refractivity contribution is -0.0498. The molecule has 0 bridgehead atoms. The Morgan fingerprint density at radius 3 is 2.30 bits per heavy atom. The minimum atomic E-state index is -2.84. The third-order valence-electron chi connectivity index (χ3n) is 3.93. The average molecular weight is 388 g/mol. The second-order valence-electron chi connectivity index (χ2n) is 5.58. The van der Waals surface area contributed by atoms with E-state index < -0.39 is 6.61 Å². The number of hydrogen-bond acceptors (Lipinski definition) is 6. The zero-order valence-corrected chi connectivity index (χ0v) is 15.0. The van der Waals surface area contributed by atoms with Crippen LogP contribution in [0.4, 0.5) is 8.78 Å². The van der Waals surface area contributed by atoms with E-state index in [9.17, 15) is 8.78 Å². The van der Waals surface area contributed by atoms with Gasteiger partial charge >= 0.3 is 6.61 Å². The van der Waals surface area contributed by atoms with Crippen LogP contribution in [0.2, 0.25) is 0 Å². The predicted octanol–water partition coefficient (Wildman–Crippen LogP) is 3.91. The average Bonchev–Trinajstić information content (AvgIpc) is 3.11. The molecule has 4 rings (SSSR count). The SMILES string of the molecule is COc1ccc(-c2nnc3n2N=C(c2ccc(OC(F)F)cc2)CS3)cc1. The van der Waals surface area contributed by atoms with Crippen LogP contribution in [0.5, 0.6) is 11.5 Å². The van der Waals surface area contributed by atoms with Crippen LogP contribution < -0.4 is 9.47 Å². The van der Waals surface area contributed by atoms with Crippen molar-refractivity contribution in [3.05, 3.63) is 54.1 Å². The number of thioether (sulfide) groups is 1. The Labute approximate surface area is 157 Å². The first kappa shape index (κ1) is 17.5. The first-order chi connectivity index (χ1) is 13.1. The molecule has 3 aromatic rings. The molecule has 2 heterocycles. The zero-order chi connectivity index (χ0) is 18.8. The van der Waals surface area contributed by atoms with Gasteiger partial charge in [0.25, 0.3) is 0 Å². The molecule has 1 aliphatic heterocycles. The number of benzene rings is 2. The molecule has 0 aliphatic carbocycles. The first-order valence-electron chi connectivity index (χ1n) is 8.00. The molecular weight excluding hydrogens is 374 g/mol. The van der Waals surface area contributed by atoms with Crippen molar-refractivity contribution in [2.75, 3.05) is 12.9 Å². The predicted molar refractivity (Wildman–Crippen MR) is 97.7 cm³/mol. The minimum Gasteiger partial charge on any atom is -0.497 e. The Kier molecular flexibility index (Phi) is 4.76. The molecule has 1 aliphatic rings. The van der Waals surface area contributed by atoms with E-state index in [0.29, 0.717) is 16.7 Å². The maximum Gasteiger partial charge on any atom is 0.387 e. The summed E-state index contributed by atoms with van der Waals surface area (Å²) in [5, 5.41) is 13.8. The van der Waals surface area contributed by atoms with E-state index in [1.165, 1.54) is 23.9 Å². The van der Waals surface area contributed by atoms with Gasteiger partial charge in [-0.1, -0.05) is 11.8 Å². The Hall–Kier alpha value is -2.94. The van der Waals surface area contributed by atoms with Crippen molar-refractivity contribution in [2.45, 2.75) is 11.8 Å². The van der Waals surface area contributed by atoms with Crippen LogP contribution in [-0.2, 0) is 0 Å². The summed E-state index contributed by atoms with van der Waals surface area (Å²) < 4.78 is 35.8. The number of alkyl halides is 2. The Morgan fingerprint density at radius 1 is 0.963 bits per heavy atom. The number of aromatic nitrogens is 3. The highest BCUT2D eigenvalue weighted by Crippen LogP contribution is 2.29. The molecule has 138 valence electrons. The fraction of sp³-hybridized carbons (Fsp3) is 0.167. The second-order valence-corrected chi connectivity index (χ2v) is 6.53. The van der Waals surface area contributed by atoms with Crippen molar-refractivity contribution in [3.8, 4) is 22.9 Å². The Balaban J connectivity index is 1.65. The van der Waals surface area contributed by atoms with Gasteiger partial charge in [0, 0.05) is 11.3 Å². The van der Waals surface area contributed by atoms with Gasteiger partial charge in [0.1, 0.15) is 11.5 Å². The van der Waals surface area contributed by atoms with Gasteiger partial charge in [-0.3, -0.25) is 0 Å². The van der Waals surface area contributed by atoms with E-state index in [2.05, 4.69) is 20.0 Å². The molecule has 0 saturated carbocycles. The Bertz CT molecular complexity index is 972. The first-order valence-corrected chi connectivity index (χ1v) is 8.98. The smallest absolute Gasteiger partial charge is 0.387 e. The van der Waals surface area contributed by atoms with Crippen LogP contribution in [0.3, 0.4) is 0 Å². The molecule has 27 heavy (non-hydrogen) atoms. The molecule has 0 spiro atoms. The highest BCUT2D eigenvalue weighted by molar-refractivity contribution is 7.99. The fourth-order valence-corrected chi connectivity index (χ4v) is 3.46. The van der Waals surface area contributed by atoms with Crippen molar-refractivity contribution in [1.82, 2.24) is 14.9 Å². The molecule has 0 saturated heterocycles. The van der Waals surface area contributed by atoms with Crippen molar-refractivity contribution in [1.29, 1.82) is 0 Å². The molecule has 0 radical (unpaired) electrons. The van der Waals surface area contributed by atoms with Crippen LogP contribution >= 0.6 is 11.8 Å². The maximum absolute atomic E-state index is 12.3. The van der Waals surface area contributed by atoms with E-state index >= 15 is 0 Å². The number of hydrogen-bond donors (Lipinski definition) is 0. The van der Waals surface area contributed by atoms with Crippen LogP contribution in [0.1, 0.15) is 5.56 Å². The summed E-state index contributed by atoms with van der Waals surface area (Å²) in [5.74, 6) is 2.09. The third-order valence-corrected chi connectivity index (χ3v) is 4.86. The number of rotatable bonds is 5. The van der Waals surface area contributed by atoms with Crippen LogP contribution in [-0.4, -0.2) is 40.1 Å². The molecule has 6 nitrogen and oxygen atoms in total. The largest absolute Gasteiger partial charge is 0.497 e. The molecular formula is C18H14F2N4O2S. The van der Waals surface area contributed by atoms with Crippen molar-refractivity contribution in [3.63, 3.8) is 0 Å². The van der Waals surface area contributed by atoms with Crippen LogP contribution in [0, 0.1) is 0 Å². The van der Waals surface area contributed by atoms with Crippen molar-refractivity contribution in [2.24, 2.45) is 5.10 Å². The van der Waals surface area contributed by atoms with Gasteiger partial charge in [-0.05, 0) is 54.1 Å². The summed E-state index contributed by atoms with van der Waals surface area (Å²) in [5.41, 5.74) is 2.48. The number of ether oxygens (including phenoxy) is 2. The number of methoxy groups -OCH3 is 1. The van der Waals surface area contributed by atoms with E-state index in [0.717, 1.165) is 22.6 Å². The zero-order valence-electron chi connectivity index (χ0n) is 14.2. The molecule has 9 heteroatoms. The Morgan fingerprint density at radius 2 is 1.63 bits per heavy atom. The summed E-state index contributed by atoms with van der Waals surface area (Å²) in [6.45, 7) is -2.84. The van der Waals surface area contributed by atoms with Crippen molar-refractivity contribution < 1.29 is 18.3 Å². The van der Waals surface area contributed by atoms with Crippen molar-refractivity contribution >= 4 is 17.5 Å². The maximum atomic E-state index is 12.3. The van der Waals surface area contributed by atoms with E-state index in [-0.39, 0.29) is 5.75 Å². The minimum absolute atomic E-state index is 0.113. The van der Waals surface area contributed by atoms with E-state index in [4.69, 9.17) is 4.74 Å². The second kappa shape index (κ2) is 7.36. The fourth-order valence-electron chi connectivity index (χ4n) is 2.62. The van der Waals surface area contributed by atoms with E-state index in [1.54, 1.807) is 23.9 Å². The molecule has 0 fully saturated rings. The summed E-state index contributed by atoms with van der Waals surface area (Å²) in [6.07, 6.45) is 0. The number of halogens is 2. The summed E-state index contributed by atoms with van der Waals surface area (Å²) >= 11 is 1.51. The topological polar surface area (TPSA) is 61.5 Å². The van der Waals surface area contributed by atoms with Crippen LogP contribution in [0.25, 0.3) is 11.4 Å².